The topological polar surface area (TPSA) is 57.7 Å². The van der Waals surface area contributed by atoms with Gasteiger partial charge in [-0.2, -0.15) is 0 Å². The van der Waals surface area contributed by atoms with Gasteiger partial charge in [-0.3, -0.25) is 14.7 Å². The van der Waals surface area contributed by atoms with Crippen LogP contribution in [0.3, 0.4) is 0 Å². The van der Waals surface area contributed by atoms with Gasteiger partial charge in [-0.05, 0) is 55.8 Å². The largest absolute Gasteiger partial charge is 0.495 e. The number of ether oxygens (including phenoxy) is 1. The van der Waals surface area contributed by atoms with Gasteiger partial charge in [0.1, 0.15) is 11.6 Å². The van der Waals surface area contributed by atoms with E-state index in [0.29, 0.717) is 23.0 Å². The number of hydrogen-bond acceptors (Lipinski definition) is 5. The van der Waals surface area contributed by atoms with Crippen molar-refractivity contribution in [3.63, 3.8) is 0 Å². The van der Waals surface area contributed by atoms with Crippen LogP contribution in [0.1, 0.15) is 23.2 Å². The van der Waals surface area contributed by atoms with Gasteiger partial charge in [0.05, 0.1) is 23.9 Å². The first-order valence-corrected chi connectivity index (χ1v) is 11.1. The Morgan fingerprint density at radius 3 is 2.72 bits per heavy atom. The quantitative estimate of drug-likeness (QED) is 0.546. The molecular weight excluding hydrogens is 407 g/mol. The number of anilines is 1. The van der Waals surface area contributed by atoms with Gasteiger partial charge in [-0.25, -0.2) is 4.39 Å². The Balaban J connectivity index is 1.17. The van der Waals surface area contributed by atoms with E-state index in [4.69, 9.17) is 4.74 Å². The first kappa shape index (κ1) is 22.0. The summed E-state index contributed by atoms with van der Waals surface area (Å²) >= 11 is 0. The Bertz CT molecular complexity index is 1070. The van der Waals surface area contributed by atoms with E-state index >= 15 is 0 Å². The lowest BCUT2D eigenvalue weighted by molar-refractivity contribution is 0.0952. The molecule has 0 radical (unpaired) electrons. The zero-order valence-corrected chi connectivity index (χ0v) is 18.4. The van der Waals surface area contributed by atoms with Crippen molar-refractivity contribution in [1.82, 2.24) is 15.2 Å². The number of pyridine rings is 1. The number of fused-ring (bicyclic) bond motifs is 1. The van der Waals surface area contributed by atoms with E-state index < -0.39 is 0 Å². The van der Waals surface area contributed by atoms with E-state index in [1.807, 2.05) is 18.2 Å². The lowest BCUT2D eigenvalue weighted by Crippen LogP contribution is -2.46. The number of aromatic nitrogens is 1. The Morgan fingerprint density at radius 1 is 1.09 bits per heavy atom. The predicted octanol–water partition coefficient (Wildman–Crippen LogP) is 3.71. The average Bonchev–Trinajstić information content (AvgIpc) is 2.83. The molecule has 1 aliphatic rings. The Morgan fingerprint density at radius 2 is 1.91 bits per heavy atom. The van der Waals surface area contributed by atoms with Gasteiger partial charge in [0.15, 0.2) is 0 Å². The Labute approximate surface area is 188 Å². The lowest BCUT2D eigenvalue weighted by Gasteiger charge is -2.36. The molecule has 7 heteroatoms. The number of carbonyl (C=O) groups excluding carboxylic acids is 1. The van der Waals surface area contributed by atoms with Crippen LogP contribution < -0.4 is 15.0 Å². The zero-order chi connectivity index (χ0) is 22.3. The van der Waals surface area contributed by atoms with Gasteiger partial charge >= 0.3 is 0 Å². The normalized spacial score (nSPS) is 14.5. The second-order valence-electron chi connectivity index (χ2n) is 8.02. The molecule has 3 aromatic rings. The molecular formula is C25H29FN4O2. The van der Waals surface area contributed by atoms with Gasteiger partial charge in [0.25, 0.3) is 5.91 Å². The van der Waals surface area contributed by atoms with E-state index in [1.165, 1.54) is 18.3 Å². The molecule has 0 aliphatic carbocycles. The van der Waals surface area contributed by atoms with Gasteiger partial charge in [-0.15, -0.1) is 0 Å². The highest BCUT2D eigenvalue weighted by Gasteiger charge is 2.19. The second-order valence-corrected chi connectivity index (χ2v) is 8.02. The van der Waals surface area contributed by atoms with Gasteiger partial charge in [0.2, 0.25) is 0 Å². The van der Waals surface area contributed by atoms with Gasteiger partial charge in [-0.1, -0.05) is 12.1 Å². The fourth-order valence-corrected chi connectivity index (χ4v) is 4.09. The SMILES string of the molecule is COc1ccccc1N1CCN(CCCCNC(=O)c2cnc3ccc(F)cc3c2)CC1. The predicted molar refractivity (Wildman–Crippen MR) is 125 cm³/mol. The summed E-state index contributed by atoms with van der Waals surface area (Å²) in [5, 5.41) is 3.57. The van der Waals surface area contributed by atoms with Crippen molar-refractivity contribution in [3.05, 3.63) is 66.1 Å². The van der Waals surface area contributed by atoms with E-state index in [0.717, 1.165) is 57.0 Å². The van der Waals surface area contributed by atoms with Crippen LogP contribution in [0.15, 0.2) is 54.7 Å². The maximum absolute atomic E-state index is 13.4. The number of halogens is 1. The molecule has 168 valence electrons. The number of nitrogens with zero attached hydrogens (tertiary/aromatic N) is 3. The molecule has 6 nitrogen and oxygen atoms in total. The number of methoxy groups -OCH3 is 1. The number of nitrogens with one attached hydrogen (secondary N) is 1. The molecule has 1 fully saturated rings. The van der Waals surface area contributed by atoms with E-state index in [-0.39, 0.29) is 11.7 Å². The minimum atomic E-state index is -0.333. The van der Waals surface area contributed by atoms with Crippen LogP contribution in [0, 0.1) is 5.82 Å². The number of benzene rings is 2. The molecule has 0 saturated carbocycles. The monoisotopic (exact) mass is 436 g/mol. The van der Waals surface area contributed by atoms with Crippen molar-refractivity contribution in [3.8, 4) is 5.75 Å². The first-order chi connectivity index (χ1) is 15.6. The summed E-state index contributed by atoms with van der Waals surface area (Å²) in [6, 6.07) is 14.2. The third kappa shape index (κ3) is 5.34. The number of unbranched alkanes of at least 4 members (excludes halogenated alkanes) is 1. The Kier molecular flexibility index (Phi) is 7.17. The summed E-state index contributed by atoms with van der Waals surface area (Å²) in [7, 11) is 1.71. The third-order valence-corrected chi connectivity index (χ3v) is 5.89. The smallest absolute Gasteiger partial charge is 0.252 e. The fraction of sp³-hybridized carbons (Fsp3) is 0.360. The molecule has 4 rings (SSSR count). The van der Waals surface area contributed by atoms with Gasteiger partial charge in [0, 0.05) is 44.3 Å². The summed E-state index contributed by atoms with van der Waals surface area (Å²) in [4.78, 5) is 21.5. The minimum Gasteiger partial charge on any atom is -0.495 e. The first-order valence-electron chi connectivity index (χ1n) is 11.1. The number of para-hydroxylation sites is 2. The highest BCUT2D eigenvalue weighted by Crippen LogP contribution is 2.28. The van der Waals surface area contributed by atoms with Crippen molar-refractivity contribution >= 4 is 22.5 Å². The fourth-order valence-electron chi connectivity index (χ4n) is 4.09. The number of amides is 1. The molecule has 0 spiro atoms. The summed E-state index contributed by atoms with van der Waals surface area (Å²) < 4.78 is 18.9. The zero-order valence-electron chi connectivity index (χ0n) is 18.4. The van der Waals surface area contributed by atoms with Crippen LogP contribution in [-0.4, -0.2) is 62.2 Å². The standard InChI is InChI=1S/C25H29FN4O2/c1-32-24-7-3-2-6-23(24)30-14-12-29(13-15-30)11-5-4-10-27-25(31)20-16-19-17-21(26)8-9-22(19)28-18-20/h2-3,6-9,16-18H,4-5,10-15H2,1H3,(H,27,31). The highest BCUT2D eigenvalue weighted by atomic mass is 19.1. The van der Waals surface area contributed by atoms with Crippen LogP contribution in [0.4, 0.5) is 10.1 Å². The molecule has 1 aliphatic heterocycles. The van der Waals surface area contributed by atoms with Crippen molar-refractivity contribution in [2.45, 2.75) is 12.8 Å². The molecule has 0 bridgehead atoms. The van der Waals surface area contributed by atoms with Gasteiger partial charge < -0.3 is 15.0 Å². The highest BCUT2D eigenvalue weighted by molar-refractivity contribution is 5.97. The summed E-state index contributed by atoms with van der Waals surface area (Å²) in [5.41, 5.74) is 2.28. The van der Waals surface area contributed by atoms with Crippen molar-refractivity contribution in [2.75, 3.05) is 51.3 Å². The molecule has 1 saturated heterocycles. The van der Waals surface area contributed by atoms with Crippen molar-refractivity contribution < 1.29 is 13.9 Å². The number of hydrogen-bond donors (Lipinski definition) is 1. The van der Waals surface area contributed by atoms with Crippen LogP contribution in [-0.2, 0) is 0 Å². The van der Waals surface area contributed by atoms with Crippen LogP contribution >= 0.6 is 0 Å². The number of piperazine rings is 1. The molecule has 0 atom stereocenters. The molecule has 2 heterocycles. The third-order valence-electron chi connectivity index (χ3n) is 5.89. The Hall–Kier alpha value is -3.19. The molecule has 1 amide bonds. The van der Waals surface area contributed by atoms with Crippen LogP contribution in [0.25, 0.3) is 10.9 Å². The number of rotatable bonds is 8. The molecule has 1 N–H and O–H groups in total. The number of carbonyl (C=O) groups is 1. The summed E-state index contributed by atoms with van der Waals surface area (Å²) in [5.74, 6) is 0.415. The second kappa shape index (κ2) is 10.4. The van der Waals surface area contributed by atoms with Crippen molar-refractivity contribution in [2.24, 2.45) is 0 Å². The van der Waals surface area contributed by atoms with E-state index in [2.05, 4.69) is 26.2 Å². The van der Waals surface area contributed by atoms with Crippen molar-refractivity contribution in [1.29, 1.82) is 0 Å². The summed E-state index contributed by atoms with van der Waals surface area (Å²) in [6.07, 6.45) is 3.47. The van der Waals surface area contributed by atoms with Crippen LogP contribution in [0.2, 0.25) is 0 Å². The molecule has 0 unspecified atom stereocenters. The van der Waals surface area contributed by atoms with Crippen LogP contribution in [0.5, 0.6) is 5.75 Å². The minimum absolute atomic E-state index is 0.172. The molecule has 2 aromatic carbocycles. The molecule has 1 aromatic heterocycles. The van der Waals surface area contributed by atoms with E-state index in [9.17, 15) is 9.18 Å². The maximum Gasteiger partial charge on any atom is 0.252 e. The maximum atomic E-state index is 13.4. The molecule has 32 heavy (non-hydrogen) atoms. The summed E-state index contributed by atoms with van der Waals surface area (Å²) in [6.45, 7) is 5.63. The average molecular weight is 437 g/mol. The lowest BCUT2D eigenvalue weighted by atomic mass is 10.1. The van der Waals surface area contributed by atoms with E-state index in [1.54, 1.807) is 19.2 Å².